The molecule has 2 saturated heterocycles. The summed E-state index contributed by atoms with van der Waals surface area (Å²) in [5, 5.41) is 16.5. The van der Waals surface area contributed by atoms with Gasteiger partial charge in [0.1, 0.15) is 0 Å². The normalized spacial score (nSPS) is 23.1. The third-order valence-electron chi connectivity index (χ3n) is 4.99. The Kier molecular flexibility index (Phi) is 10.0. The van der Waals surface area contributed by atoms with Gasteiger partial charge >= 0.3 is 0 Å². The first-order valence-electron chi connectivity index (χ1n) is 9.13. The van der Waals surface area contributed by atoms with E-state index < -0.39 is 0 Å². The van der Waals surface area contributed by atoms with Gasteiger partial charge in [-0.25, -0.2) is 0 Å². The topological polar surface area (TPSA) is 86.2 Å². The molecule has 3 N–H and O–H groups in total. The van der Waals surface area contributed by atoms with Crippen LogP contribution in [0.1, 0.15) is 39.5 Å². The van der Waals surface area contributed by atoms with E-state index in [1.54, 1.807) is 0 Å². The maximum absolute atomic E-state index is 11.8. The van der Waals surface area contributed by atoms with Crippen LogP contribution < -0.4 is 10.6 Å². The Balaban J connectivity index is 0.00000312. The number of amides is 1. The van der Waals surface area contributed by atoms with E-state index in [-0.39, 0.29) is 47.9 Å². The molecule has 0 bridgehead atoms. The quantitative estimate of drug-likeness (QED) is 0.307. The first-order chi connectivity index (χ1) is 11.6. The lowest BCUT2D eigenvalue weighted by Crippen LogP contribution is -2.46. The minimum atomic E-state index is -0.166. The van der Waals surface area contributed by atoms with Crippen LogP contribution in [-0.4, -0.2) is 73.9 Å². The standard InChI is InChI=1S/C17H32N4O3.HI/c1-3-15(23)21-8-5-14(11-21)20-16(18-4-2)19-12-17(13-22)6-9-24-10-7-17;/h14,22H,3-13H2,1-2H3,(H2,18,19,20);1H. The van der Waals surface area contributed by atoms with Crippen molar-refractivity contribution in [2.24, 2.45) is 10.4 Å². The summed E-state index contributed by atoms with van der Waals surface area (Å²) in [5.41, 5.74) is -0.166. The molecule has 0 aromatic carbocycles. The second kappa shape index (κ2) is 11.2. The van der Waals surface area contributed by atoms with Crippen LogP contribution in [0.4, 0.5) is 0 Å². The minimum Gasteiger partial charge on any atom is -0.396 e. The highest BCUT2D eigenvalue weighted by Gasteiger charge is 2.32. The molecule has 2 aliphatic heterocycles. The number of aliphatic imine (C=N–C) groups is 1. The van der Waals surface area contributed by atoms with E-state index >= 15 is 0 Å². The van der Waals surface area contributed by atoms with Crippen LogP contribution in [0.5, 0.6) is 0 Å². The fourth-order valence-corrected chi connectivity index (χ4v) is 3.26. The fourth-order valence-electron chi connectivity index (χ4n) is 3.26. The molecule has 2 heterocycles. The monoisotopic (exact) mass is 468 g/mol. The third kappa shape index (κ3) is 6.56. The summed E-state index contributed by atoms with van der Waals surface area (Å²) in [6.45, 7) is 8.37. The number of nitrogens with zero attached hydrogens (tertiary/aromatic N) is 2. The summed E-state index contributed by atoms with van der Waals surface area (Å²) in [7, 11) is 0. The molecule has 1 unspecified atom stereocenters. The van der Waals surface area contributed by atoms with E-state index in [9.17, 15) is 9.90 Å². The van der Waals surface area contributed by atoms with Gasteiger partial charge in [-0.2, -0.15) is 0 Å². The average molecular weight is 468 g/mol. The van der Waals surface area contributed by atoms with E-state index in [1.165, 1.54) is 0 Å². The maximum Gasteiger partial charge on any atom is 0.222 e. The van der Waals surface area contributed by atoms with E-state index in [0.717, 1.165) is 44.9 Å². The zero-order valence-electron chi connectivity index (χ0n) is 15.4. The van der Waals surface area contributed by atoms with Gasteiger partial charge in [0.05, 0.1) is 13.2 Å². The van der Waals surface area contributed by atoms with Crippen LogP contribution in [0.2, 0.25) is 0 Å². The van der Waals surface area contributed by atoms with Crippen LogP contribution >= 0.6 is 24.0 Å². The first kappa shape index (κ1) is 22.4. The van der Waals surface area contributed by atoms with Crippen LogP contribution in [0, 0.1) is 5.41 Å². The van der Waals surface area contributed by atoms with E-state index in [4.69, 9.17) is 9.73 Å². The number of aliphatic hydroxyl groups is 1. The van der Waals surface area contributed by atoms with Crippen molar-refractivity contribution < 1.29 is 14.6 Å². The molecule has 7 nitrogen and oxygen atoms in total. The number of aliphatic hydroxyl groups excluding tert-OH is 1. The smallest absolute Gasteiger partial charge is 0.222 e. The molecule has 2 rings (SSSR count). The summed E-state index contributed by atoms with van der Waals surface area (Å²) in [4.78, 5) is 18.4. The van der Waals surface area contributed by atoms with Gasteiger partial charge in [-0.3, -0.25) is 9.79 Å². The Morgan fingerprint density at radius 3 is 2.68 bits per heavy atom. The van der Waals surface area contributed by atoms with Gasteiger partial charge < -0.3 is 25.4 Å². The zero-order valence-corrected chi connectivity index (χ0v) is 17.8. The van der Waals surface area contributed by atoms with Crippen LogP contribution in [0.3, 0.4) is 0 Å². The molecule has 0 spiro atoms. The predicted molar refractivity (Wildman–Crippen MR) is 109 cm³/mol. The Morgan fingerprint density at radius 2 is 2.08 bits per heavy atom. The lowest BCUT2D eigenvalue weighted by molar-refractivity contribution is -0.129. The van der Waals surface area contributed by atoms with Gasteiger partial charge in [-0.1, -0.05) is 6.92 Å². The molecular weight excluding hydrogens is 435 g/mol. The third-order valence-corrected chi connectivity index (χ3v) is 4.99. The zero-order chi connectivity index (χ0) is 17.4. The highest BCUT2D eigenvalue weighted by molar-refractivity contribution is 14.0. The Hall–Kier alpha value is -0.610. The fraction of sp³-hybridized carbons (Fsp3) is 0.882. The van der Waals surface area contributed by atoms with Crippen molar-refractivity contribution in [1.82, 2.24) is 15.5 Å². The Morgan fingerprint density at radius 1 is 1.36 bits per heavy atom. The number of carbonyl (C=O) groups excluding carboxylic acids is 1. The van der Waals surface area contributed by atoms with E-state index in [2.05, 4.69) is 10.6 Å². The molecule has 2 aliphatic rings. The molecule has 0 saturated carbocycles. The number of rotatable bonds is 6. The molecule has 2 fully saturated rings. The number of likely N-dealkylation sites (tertiary alicyclic amines) is 1. The van der Waals surface area contributed by atoms with Crippen molar-refractivity contribution in [3.05, 3.63) is 0 Å². The Labute approximate surface area is 168 Å². The summed E-state index contributed by atoms with van der Waals surface area (Å²) >= 11 is 0. The van der Waals surface area contributed by atoms with Gasteiger partial charge in [-0.05, 0) is 26.2 Å². The number of halogens is 1. The molecule has 0 aliphatic carbocycles. The lowest BCUT2D eigenvalue weighted by atomic mass is 9.81. The second-order valence-electron chi connectivity index (χ2n) is 6.79. The molecule has 0 aromatic heterocycles. The number of guanidine groups is 1. The van der Waals surface area contributed by atoms with Gasteiger partial charge in [0.15, 0.2) is 5.96 Å². The van der Waals surface area contributed by atoms with Crippen molar-refractivity contribution in [2.75, 3.05) is 46.0 Å². The highest BCUT2D eigenvalue weighted by atomic mass is 127. The maximum atomic E-state index is 11.8. The Bertz CT molecular complexity index is 442. The van der Waals surface area contributed by atoms with Crippen LogP contribution in [-0.2, 0) is 9.53 Å². The number of carbonyl (C=O) groups is 1. The molecule has 146 valence electrons. The van der Waals surface area contributed by atoms with Gasteiger partial charge in [-0.15, -0.1) is 24.0 Å². The average Bonchev–Trinajstić information content (AvgIpc) is 3.08. The number of hydrogen-bond donors (Lipinski definition) is 3. The van der Waals surface area contributed by atoms with Gasteiger partial charge in [0.25, 0.3) is 0 Å². The highest BCUT2D eigenvalue weighted by Crippen LogP contribution is 2.30. The number of ether oxygens (including phenoxy) is 1. The summed E-state index contributed by atoms with van der Waals surface area (Å²) < 4.78 is 5.41. The van der Waals surface area contributed by atoms with E-state index in [0.29, 0.717) is 26.2 Å². The summed E-state index contributed by atoms with van der Waals surface area (Å²) in [6, 6.07) is 0.234. The lowest BCUT2D eigenvalue weighted by Gasteiger charge is -2.34. The molecule has 25 heavy (non-hydrogen) atoms. The second-order valence-corrected chi connectivity index (χ2v) is 6.79. The van der Waals surface area contributed by atoms with Crippen molar-refractivity contribution in [3.63, 3.8) is 0 Å². The number of hydrogen-bond acceptors (Lipinski definition) is 4. The molecule has 0 aromatic rings. The van der Waals surface area contributed by atoms with Crippen molar-refractivity contribution in [3.8, 4) is 0 Å². The molecule has 8 heteroatoms. The van der Waals surface area contributed by atoms with Gasteiger partial charge in [0, 0.05) is 50.7 Å². The minimum absolute atomic E-state index is 0. The number of nitrogens with one attached hydrogen (secondary N) is 2. The van der Waals surface area contributed by atoms with E-state index in [1.807, 2.05) is 18.7 Å². The largest absolute Gasteiger partial charge is 0.396 e. The summed E-state index contributed by atoms with van der Waals surface area (Å²) in [5.74, 6) is 0.982. The molecular formula is C17H33IN4O3. The molecule has 0 radical (unpaired) electrons. The molecule has 1 atom stereocenters. The summed E-state index contributed by atoms with van der Waals surface area (Å²) in [6.07, 6.45) is 3.18. The predicted octanol–water partition coefficient (Wildman–Crippen LogP) is 0.960. The first-order valence-corrected chi connectivity index (χ1v) is 9.13. The SMILES string of the molecule is CCNC(=NCC1(CO)CCOCC1)NC1CCN(C(=O)CC)C1.I. The van der Waals surface area contributed by atoms with Crippen LogP contribution in [0.25, 0.3) is 0 Å². The van der Waals surface area contributed by atoms with Crippen molar-refractivity contribution in [1.29, 1.82) is 0 Å². The molecule has 1 amide bonds. The van der Waals surface area contributed by atoms with Crippen molar-refractivity contribution in [2.45, 2.75) is 45.6 Å². The van der Waals surface area contributed by atoms with Crippen molar-refractivity contribution >= 4 is 35.8 Å². The van der Waals surface area contributed by atoms with Gasteiger partial charge in [0.2, 0.25) is 5.91 Å². The van der Waals surface area contributed by atoms with Crippen LogP contribution in [0.15, 0.2) is 4.99 Å².